The molecule has 0 fully saturated rings. The molecule has 0 saturated carbocycles. The summed E-state index contributed by atoms with van der Waals surface area (Å²) < 4.78 is 0. The lowest BCUT2D eigenvalue weighted by molar-refractivity contribution is 0.0949. The molecular formula is C15H16N4O. The molecule has 1 aliphatic carbocycles. The van der Waals surface area contributed by atoms with E-state index >= 15 is 0 Å². The quantitative estimate of drug-likeness (QED) is 0.820. The van der Waals surface area contributed by atoms with Gasteiger partial charge in [0.25, 0.3) is 5.91 Å². The first-order chi connectivity index (χ1) is 9.74. The number of carbonyl (C=O) groups is 1. The SMILES string of the molecule is Cc1cc(C(=O)N/N=C2\CCCc3ccccc32)n[nH]1. The number of amides is 1. The van der Waals surface area contributed by atoms with E-state index in [1.54, 1.807) is 6.07 Å². The van der Waals surface area contributed by atoms with Gasteiger partial charge in [0.2, 0.25) is 0 Å². The molecule has 20 heavy (non-hydrogen) atoms. The molecule has 1 aromatic carbocycles. The van der Waals surface area contributed by atoms with Gasteiger partial charge >= 0.3 is 0 Å². The molecule has 0 spiro atoms. The molecule has 0 atom stereocenters. The summed E-state index contributed by atoms with van der Waals surface area (Å²) in [6.45, 7) is 1.85. The summed E-state index contributed by atoms with van der Waals surface area (Å²) in [6.07, 6.45) is 3.02. The monoisotopic (exact) mass is 268 g/mol. The zero-order valence-electron chi connectivity index (χ0n) is 11.3. The summed E-state index contributed by atoms with van der Waals surface area (Å²) in [5.41, 5.74) is 7.17. The van der Waals surface area contributed by atoms with Crippen molar-refractivity contribution in [2.45, 2.75) is 26.2 Å². The van der Waals surface area contributed by atoms with Crippen LogP contribution in [0.5, 0.6) is 0 Å². The third-order valence-corrected chi connectivity index (χ3v) is 3.42. The van der Waals surface area contributed by atoms with E-state index in [1.807, 2.05) is 19.1 Å². The van der Waals surface area contributed by atoms with Crippen molar-refractivity contribution in [3.05, 3.63) is 52.8 Å². The zero-order chi connectivity index (χ0) is 13.9. The van der Waals surface area contributed by atoms with Gasteiger partial charge in [-0.2, -0.15) is 10.2 Å². The molecule has 1 amide bonds. The van der Waals surface area contributed by atoms with Crippen molar-refractivity contribution in [2.75, 3.05) is 0 Å². The average Bonchev–Trinajstić information content (AvgIpc) is 2.91. The predicted molar refractivity (Wildman–Crippen MR) is 76.7 cm³/mol. The van der Waals surface area contributed by atoms with Gasteiger partial charge in [-0.05, 0) is 37.8 Å². The Morgan fingerprint density at radius 2 is 2.20 bits per heavy atom. The Labute approximate surface area is 117 Å². The van der Waals surface area contributed by atoms with Gasteiger partial charge in [-0.15, -0.1) is 0 Å². The maximum Gasteiger partial charge on any atom is 0.291 e. The Kier molecular flexibility index (Phi) is 3.33. The lowest BCUT2D eigenvalue weighted by Crippen LogP contribution is -2.22. The highest BCUT2D eigenvalue weighted by Gasteiger charge is 2.15. The van der Waals surface area contributed by atoms with Crippen LogP contribution in [0.25, 0.3) is 0 Å². The number of rotatable bonds is 2. The minimum Gasteiger partial charge on any atom is -0.282 e. The fraction of sp³-hybridized carbons (Fsp3) is 0.267. The number of aromatic amines is 1. The molecule has 0 radical (unpaired) electrons. The number of benzene rings is 1. The Balaban J connectivity index is 1.79. The van der Waals surface area contributed by atoms with Crippen molar-refractivity contribution < 1.29 is 4.79 Å². The van der Waals surface area contributed by atoms with E-state index < -0.39 is 0 Å². The second-order valence-electron chi connectivity index (χ2n) is 4.95. The van der Waals surface area contributed by atoms with Crippen molar-refractivity contribution in [3.8, 4) is 0 Å². The number of H-pyrrole nitrogens is 1. The van der Waals surface area contributed by atoms with Crippen molar-refractivity contribution >= 4 is 11.6 Å². The second kappa shape index (κ2) is 5.28. The number of hydrogen-bond donors (Lipinski definition) is 2. The highest BCUT2D eigenvalue weighted by Crippen LogP contribution is 2.21. The van der Waals surface area contributed by atoms with E-state index in [0.717, 1.165) is 36.2 Å². The summed E-state index contributed by atoms with van der Waals surface area (Å²) in [4.78, 5) is 11.9. The van der Waals surface area contributed by atoms with Crippen molar-refractivity contribution in [1.29, 1.82) is 0 Å². The molecule has 0 saturated heterocycles. The maximum absolute atomic E-state index is 11.9. The number of hydrogen-bond acceptors (Lipinski definition) is 3. The van der Waals surface area contributed by atoms with Crippen LogP contribution in [0, 0.1) is 6.92 Å². The summed E-state index contributed by atoms with van der Waals surface area (Å²) >= 11 is 0. The summed E-state index contributed by atoms with van der Waals surface area (Å²) in [5, 5.41) is 10.9. The van der Waals surface area contributed by atoms with Gasteiger partial charge in [0.15, 0.2) is 5.69 Å². The first kappa shape index (κ1) is 12.6. The van der Waals surface area contributed by atoms with Crippen molar-refractivity contribution in [1.82, 2.24) is 15.6 Å². The van der Waals surface area contributed by atoms with E-state index in [4.69, 9.17) is 0 Å². The van der Waals surface area contributed by atoms with Crippen LogP contribution in [0.2, 0.25) is 0 Å². The van der Waals surface area contributed by atoms with Crippen LogP contribution >= 0.6 is 0 Å². The molecule has 5 nitrogen and oxygen atoms in total. The molecule has 102 valence electrons. The van der Waals surface area contributed by atoms with Crippen LogP contribution in [-0.4, -0.2) is 21.8 Å². The number of hydrazone groups is 1. The van der Waals surface area contributed by atoms with Gasteiger partial charge in [0, 0.05) is 11.3 Å². The smallest absolute Gasteiger partial charge is 0.282 e. The molecule has 3 rings (SSSR count). The molecule has 2 aromatic rings. The van der Waals surface area contributed by atoms with Crippen LogP contribution in [0.3, 0.4) is 0 Å². The number of aromatic nitrogens is 2. The lowest BCUT2D eigenvalue weighted by Gasteiger charge is -2.17. The zero-order valence-corrected chi connectivity index (χ0v) is 11.3. The molecule has 0 aliphatic heterocycles. The highest BCUT2D eigenvalue weighted by atomic mass is 16.2. The third kappa shape index (κ3) is 2.47. The average molecular weight is 268 g/mol. The molecule has 2 N–H and O–H groups in total. The molecule has 0 unspecified atom stereocenters. The van der Waals surface area contributed by atoms with Gasteiger partial charge < -0.3 is 0 Å². The summed E-state index contributed by atoms with van der Waals surface area (Å²) in [6, 6.07) is 9.90. The largest absolute Gasteiger partial charge is 0.291 e. The molecule has 5 heteroatoms. The summed E-state index contributed by atoms with van der Waals surface area (Å²) in [5.74, 6) is -0.287. The minimum absolute atomic E-state index is 0.287. The fourth-order valence-corrected chi connectivity index (χ4v) is 2.43. The van der Waals surface area contributed by atoms with E-state index in [1.165, 1.54) is 5.56 Å². The van der Waals surface area contributed by atoms with Gasteiger partial charge in [-0.25, -0.2) is 5.43 Å². The second-order valence-corrected chi connectivity index (χ2v) is 4.95. The Hall–Kier alpha value is -2.43. The van der Waals surface area contributed by atoms with E-state index in [9.17, 15) is 4.79 Å². The van der Waals surface area contributed by atoms with Crippen molar-refractivity contribution in [3.63, 3.8) is 0 Å². The molecule has 1 aromatic heterocycles. The number of aryl methyl sites for hydroxylation is 2. The standard InChI is InChI=1S/C15H16N4O/c1-10-9-14(18-16-10)15(20)19-17-13-8-4-6-11-5-2-3-7-12(11)13/h2-3,5,7,9H,4,6,8H2,1H3,(H,16,18)(H,19,20)/b17-13+. The molecule has 1 aliphatic rings. The van der Waals surface area contributed by atoms with E-state index in [0.29, 0.717) is 5.69 Å². The molecule has 1 heterocycles. The predicted octanol–water partition coefficient (Wildman–Crippen LogP) is 2.19. The Morgan fingerprint density at radius 1 is 1.35 bits per heavy atom. The van der Waals surface area contributed by atoms with Crippen LogP contribution in [-0.2, 0) is 6.42 Å². The Bertz CT molecular complexity index is 672. The number of carbonyl (C=O) groups excluding carboxylic acids is 1. The first-order valence-corrected chi connectivity index (χ1v) is 6.71. The van der Waals surface area contributed by atoms with E-state index in [-0.39, 0.29) is 5.91 Å². The summed E-state index contributed by atoms with van der Waals surface area (Å²) in [7, 11) is 0. The van der Waals surface area contributed by atoms with Gasteiger partial charge in [-0.3, -0.25) is 9.89 Å². The molecule has 0 bridgehead atoms. The number of nitrogens with one attached hydrogen (secondary N) is 2. The van der Waals surface area contributed by atoms with Crippen LogP contribution in [0.4, 0.5) is 0 Å². The van der Waals surface area contributed by atoms with Gasteiger partial charge in [0.05, 0.1) is 5.71 Å². The molecular weight excluding hydrogens is 252 g/mol. The van der Waals surface area contributed by atoms with Gasteiger partial charge in [-0.1, -0.05) is 24.3 Å². The van der Waals surface area contributed by atoms with Crippen LogP contribution in [0.15, 0.2) is 35.4 Å². The number of fused-ring (bicyclic) bond motifs is 1. The van der Waals surface area contributed by atoms with Crippen molar-refractivity contribution in [2.24, 2.45) is 5.10 Å². The van der Waals surface area contributed by atoms with Gasteiger partial charge in [0.1, 0.15) is 0 Å². The lowest BCUT2D eigenvalue weighted by atomic mass is 9.90. The Morgan fingerprint density at radius 3 is 3.00 bits per heavy atom. The minimum atomic E-state index is -0.287. The van der Waals surface area contributed by atoms with E-state index in [2.05, 4.69) is 32.9 Å². The number of nitrogens with zero attached hydrogens (tertiary/aromatic N) is 2. The normalized spacial score (nSPS) is 15.9. The maximum atomic E-state index is 11.9. The van der Waals surface area contributed by atoms with Crippen LogP contribution < -0.4 is 5.43 Å². The fourth-order valence-electron chi connectivity index (χ4n) is 2.43. The highest BCUT2D eigenvalue weighted by molar-refractivity contribution is 6.03. The third-order valence-electron chi connectivity index (χ3n) is 3.42. The first-order valence-electron chi connectivity index (χ1n) is 6.71. The van der Waals surface area contributed by atoms with Crippen LogP contribution in [0.1, 0.15) is 40.2 Å². The topological polar surface area (TPSA) is 70.1 Å².